The van der Waals surface area contributed by atoms with Crippen molar-refractivity contribution in [1.29, 1.82) is 0 Å². The van der Waals surface area contributed by atoms with Gasteiger partial charge in [-0.25, -0.2) is 4.79 Å². The molecule has 0 saturated carbocycles. The second-order valence-corrected chi connectivity index (χ2v) is 6.81. The first-order valence-corrected chi connectivity index (χ1v) is 8.15. The highest BCUT2D eigenvalue weighted by Gasteiger charge is 2.31. The van der Waals surface area contributed by atoms with E-state index < -0.39 is 5.97 Å². The summed E-state index contributed by atoms with van der Waals surface area (Å²) in [6.45, 7) is 5.85. The van der Waals surface area contributed by atoms with E-state index in [2.05, 4.69) is 0 Å². The predicted molar refractivity (Wildman–Crippen MR) is 82.3 cm³/mol. The predicted octanol–water partition coefficient (Wildman–Crippen LogP) is 2.88. The molecule has 21 heavy (non-hydrogen) atoms. The van der Waals surface area contributed by atoms with Crippen molar-refractivity contribution in [2.24, 2.45) is 5.92 Å². The molecule has 1 aliphatic heterocycles. The molecule has 1 unspecified atom stereocenters. The highest BCUT2D eigenvalue weighted by molar-refractivity contribution is 7.09. The molecule has 2 rings (SSSR count). The maximum atomic E-state index is 12.7. The lowest BCUT2D eigenvalue weighted by Crippen LogP contribution is -2.45. The van der Waals surface area contributed by atoms with Crippen LogP contribution in [0.5, 0.6) is 0 Å². The Kier molecular flexibility index (Phi) is 5.22. The standard InChI is InChI=1S/C15H22N2O3S/c1-11(2)17(10-13-4-3-7-21-13)15(20)16-6-5-12(9-16)8-14(18)19/h3-4,7,11-12H,5-6,8-10H2,1-2H3,(H,18,19). The van der Waals surface area contributed by atoms with Gasteiger partial charge in [0.05, 0.1) is 6.54 Å². The Balaban J connectivity index is 1.97. The molecule has 5 nitrogen and oxygen atoms in total. The van der Waals surface area contributed by atoms with E-state index in [0.29, 0.717) is 19.6 Å². The van der Waals surface area contributed by atoms with Gasteiger partial charge in [-0.2, -0.15) is 0 Å². The molecule has 0 aliphatic carbocycles. The fraction of sp³-hybridized carbons (Fsp3) is 0.600. The topological polar surface area (TPSA) is 60.9 Å². The minimum Gasteiger partial charge on any atom is -0.481 e. The summed E-state index contributed by atoms with van der Waals surface area (Å²) in [6.07, 6.45) is 0.930. The summed E-state index contributed by atoms with van der Waals surface area (Å²) < 4.78 is 0. The van der Waals surface area contributed by atoms with E-state index >= 15 is 0 Å². The summed E-state index contributed by atoms with van der Waals surface area (Å²) in [5.41, 5.74) is 0. The van der Waals surface area contributed by atoms with Gasteiger partial charge >= 0.3 is 12.0 Å². The molecule has 1 aliphatic rings. The molecule has 116 valence electrons. The summed E-state index contributed by atoms with van der Waals surface area (Å²) >= 11 is 1.65. The van der Waals surface area contributed by atoms with Crippen LogP contribution in [-0.4, -0.2) is 46.0 Å². The Morgan fingerprint density at radius 1 is 1.52 bits per heavy atom. The van der Waals surface area contributed by atoms with Gasteiger partial charge in [0.1, 0.15) is 0 Å². The number of rotatable bonds is 5. The van der Waals surface area contributed by atoms with Crippen LogP contribution in [0.3, 0.4) is 0 Å². The number of aliphatic carboxylic acids is 1. The SMILES string of the molecule is CC(C)N(Cc1cccs1)C(=O)N1CCC(CC(=O)O)C1. The molecule has 2 amide bonds. The second-order valence-electron chi connectivity index (χ2n) is 5.78. The molecule has 1 aromatic rings. The summed E-state index contributed by atoms with van der Waals surface area (Å²) in [5, 5.41) is 10.9. The molecule has 0 radical (unpaired) electrons. The zero-order valence-electron chi connectivity index (χ0n) is 12.5. The highest BCUT2D eigenvalue weighted by atomic mass is 32.1. The number of carbonyl (C=O) groups excluding carboxylic acids is 1. The zero-order valence-corrected chi connectivity index (χ0v) is 13.3. The Bertz CT molecular complexity index is 487. The lowest BCUT2D eigenvalue weighted by atomic mass is 10.1. The van der Waals surface area contributed by atoms with Crippen molar-refractivity contribution in [2.45, 2.75) is 39.3 Å². The van der Waals surface area contributed by atoms with Crippen molar-refractivity contribution in [3.63, 3.8) is 0 Å². The number of thiophene rings is 1. The van der Waals surface area contributed by atoms with Gasteiger partial charge in [0.25, 0.3) is 0 Å². The average Bonchev–Trinajstić information content (AvgIpc) is 3.05. The fourth-order valence-corrected chi connectivity index (χ4v) is 3.35. The third kappa shape index (κ3) is 4.20. The van der Waals surface area contributed by atoms with Crippen LogP contribution in [-0.2, 0) is 11.3 Å². The summed E-state index contributed by atoms with van der Waals surface area (Å²) in [6, 6.07) is 4.16. The Morgan fingerprint density at radius 2 is 2.29 bits per heavy atom. The monoisotopic (exact) mass is 310 g/mol. The number of urea groups is 1. The second kappa shape index (κ2) is 6.93. The number of hydrogen-bond acceptors (Lipinski definition) is 3. The van der Waals surface area contributed by atoms with Gasteiger partial charge in [0, 0.05) is 30.4 Å². The van der Waals surface area contributed by atoms with Crippen molar-refractivity contribution in [3.8, 4) is 0 Å². The largest absolute Gasteiger partial charge is 0.481 e. The number of carbonyl (C=O) groups is 2. The van der Waals surface area contributed by atoms with E-state index in [1.54, 1.807) is 16.2 Å². The number of carboxylic acid groups (broad SMARTS) is 1. The van der Waals surface area contributed by atoms with E-state index in [1.807, 2.05) is 36.3 Å². The number of carboxylic acids is 1. The van der Waals surface area contributed by atoms with Crippen LogP contribution in [0.2, 0.25) is 0 Å². The van der Waals surface area contributed by atoms with Crippen LogP contribution >= 0.6 is 11.3 Å². The van der Waals surface area contributed by atoms with Gasteiger partial charge in [-0.3, -0.25) is 4.79 Å². The molecule has 0 aromatic carbocycles. The maximum absolute atomic E-state index is 12.7. The number of hydrogen-bond donors (Lipinski definition) is 1. The molecule has 0 spiro atoms. The first-order chi connectivity index (χ1) is 9.97. The smallest absolute Gasteiger partial charge is 0.320 e. The number of likely N-dealkylation sites (tertiary alicyclic amines) is 1. The molecule has 1 saturated heterocycles. The van der Waals surface area contributed by atoms with Gasteiger partial charge in [0.2, 0.25) is 0 Å². The number of amides is 2. The maximum Gasteiger partial charge on any atom is 0.320 e. The zero-order chi connectivity index (χ0) is 15.4. The lowest BCUT2D eigenvalue weighted by Gasteiger charge is -2.31. The molecule has 2 heterocycles. The summed E-state index contributed by atoms with van der Waals surface area (Å²) in [7, 11) is 0. The van der Waals surface area contributed by atoms with Gasteiger partial charge < -0.3 is 14.9 Å². The third-order valence-corrected chi connectivity index (χ3v) is 4.66. The Morgan fingerprint density at radius 3 is 2.86 bits per heavy atom. The van der Waals surface area contributed by atoms with Crippen molar-refractivity contribution < 1.29 is 14.7 Å². The summed E-state index contributed by atoms with van der Waals surface area (Å²) in [5.74, 6) is -0.698. The highest BCUT2D eigenvalue weighted by Crippen LogP contribution is 2.23. The van der Waals surface area contributed by atoms with Crippen molar-refractivity contribution in [3.05, 3.63) is 22.4 Å². The minimum atomic E-state index is -0.784. The molecule has 1 aromatic heterocycles. The lowest BCUT2D eigenvalue weighted by molar-refractivity contribution is -0.138. The molecule has 6 heteroatoms. The van der Waals surface area contributed by atoms with Crippen LogP contribution in [0.25, 0.3) is 0 Å². The molecule has 0 bridgehead atoms. The van der Waals surface area contributed by atoms with Gasteiger partial charge in [0.15, 0.2) is 0 Å². The van der Waals surface area contributed by atoms with Crippen LogP contribution in [0.15, 0.2) is 17.5 Å². The van der Waals surface area contributed by atoms with E-state index in [0.717, 1.165) is 6.42 Å². The normalized spacial score (nSPS) is 18.2. The molecule has 1 N–H and O–H groups in total. The van der Waals surface area contributed by atoms with Gasteiger partial charge in [-0.1, -0.05) is 6.07 Å². The Labute approximate surface area is 129 Å². The van der Waals surface area contributed by atoms with Gasteiger partial charge in [-0.15, -0.1) is 11.3 Å². The first-order valence-electron chi connectivity index (χ1n) is 7.27. The molecular weight excluding hydrogens is 288 g/mol. The quantitative estimate of drug-likeness (QED) is 0.909. The minimum absolute atomic E-state index is 0.0197. The molecule has 1 atom stereocenters. The third-order valence-electron chi connectivity index (χ3n) is 3.79. The van der Waals surface area contributed by atoms with E-state index in [1.165, 1.54) is 4.88 Å². The fourth-order valence-electron chi connectivity index (χ4n) is 2.64. The van der Waals surface area contributed by atoms with Crippen molar-refractivity contribution in [2.75, 3.05) is 13.1 Å². The van der Waals surface area contributed by atoms with Gasteiger partial charge in [-0.05, 0) is 37.6 Å². The molecular formula is C15H22N2O3S. The van der Waals surface area contributed by atoms with Crippen LogP contribution in [0.1, 0.15) is 31.6 Å². The van der Waals surface area contributed by atoms with E-state index in [4.69, 9.17) is 5.11 Å². The van der Waals surface area contributed by atoms with Crippen LogP contribution in [0, 0.1) is 5.92 Å². The van der Waals surface area contributed by atoms with E-state index in [9.17, 15) is 9.59 Å². The first kappa shape index (κ1) is 15.8. The Hall–Kier alpha value is -1.56. The van der Waals surface area contributed by atoms with Crippen molar-refractivity contribution >= 4 is 23.3 Å². The van der Waals surface area contributed by atoms with Crippen molar-refractivity contribution in [1.82, 2.24) is 9.80 Å². The number of nitrogens with zero attached hydrogens (tertiary/aromatic N) is 2. The van der Waals surface area contributed by atoms with Crippen LogP contribution < -0.4 is 0 Å². The van der Waals surface area contributed by atoms with E-state index in [-0.39, 0.29) is 24.4 Å². The average molecular weight is 310 g/mol. The molecule has 1 fully saturated rings. The van der Waals surface area contributed by atoms with Crippen LogP contribution in [0.4, 0.5) is 4.79 Å². The summed E-state index contributed by atoms with van der Waals surface area (Å²) in [4.78, 5) is 28.2.